The average molecular weight is 345 g/mol. The molecule has 0 saturated heterocycles. The van der Waals surface area contributed by atoms with Gasteiger partial charge in [-0.1, -0.05) is 12.1 Å². The highest BCUT2D eigenvalue weighted by molar-refractivity contribution is 7.95. The summed E-state index contributed by atoms with van der Waals surface area (Å²) in [4.78, 5) is 10.7. The summed E-state index contributed by atoms with van der Waals surface area (Å²) in [5, 5.41) is 9.17. The van der Waals surface area contributed by atoms with Crippen LogP contribution >= 0.6 is 0 Å². The lowest BCUT2D eigenvalue weighted by Crippen LogP contribution is -2.04. The molecule has 0 N–H and O–H groups in total. The molecule has 2 aromatic rings. The van der Waals surface area contributed by atoms with Crippen LogP contribution in [0.5, 0.6) is 0 Å². The average Bonchev–Trinajstić information content (AvgIpc) is 2.59. The second kappa shape index (κ2) is 7.06. The number of methoxy groups -OCH3 is 1. The van der Waals surface area contributed by atoms with E-state index in [2.05, 4.69) is 4.74 Å². The first-order valence-electron chi connectivity index (χ1n) is 6.69. The van der Waals surface area contributed by atoms with Crippen LogP contribution in [-0.2, 0) is 14.6 Å². The number of esters is 1. The third kappa shape index (κ3) is 3.67. The van der Waals surface area contributed by atoms with Crippen molar-refractivity contribution in [1.29, 1.82) is 5.26 Å². The molecular formula is C17H12FNO4S. The van der Waals surface area contributed by atoms with Crippen molar-refractivity contribution < 1.29 is 22.3 Å². The standard InChI is InChI=1S/C17H12FNO4S/c1-23-17(20)13-4-2-12(3-5-13)10-16(11-19)24(21,22)15-8-6-14(18)7-9-15/h2-10H,1H3/b16-10+. The lowest BCUT2D eigenvalue weighted by molar-refractivity contribution is 0.0600. The van der Waals surface area contributed by atoms with Gasteiger partial charge in [0.2, 0.25) is 9.84 Å². The summed E-state index contributed by atoms with van der Waals surface area (Å²) < 4.78 is 42.3. The Bertz CT molecular complexity index is 924. The molecule has 0 bridgehead atoms. The molecule has 0 spiro atoms. The summed E-state index contributed by atoms with van der Waals surface area (Å²) in [6.07, 6.45) is 1.18. The third-order valence-electron chi connectivity index (χ3n) is 3.15. The second-order valence-electron chi connectivity index (χ2n) is 4.69. The van der Waals surface area contributed by atoms with Crippen LogP contribution in [0.3, 0.4) is 0 Å². The summed E-state index contributed by atoms with van der Waals surface area (Å²) in [6.45, 7) is 0. The minimum Gasteiger partial charge on any atom is -0.465 e. The molecule has 0 atom stereocenters. The summed E-state index contributed by atoms with van der Waals surface area (Å²) in [5.41, 5.74) is 0.722. The highest BCUT2D eigenvalue weighted by Crippen LogP contribution is 2.21. The van der Waals surface area contributed by atoms with Crippen molar-refractivity contribution in [2.24, 2.45) is 0 Å². The van der Waals surface area contributed by atoms with E-state index in [1.165, 1.54) is 37.5 Å². The normalized spacial score (nSPS) is 11.6. The van der Waals surface area contributed by atoms with E-state index >= 15 is 0 Å². The largest absolute Gasteiger partial charge is 0.465 e. The summed E-state index contributed by atoms with van der Waals surface area (Å²) >= 11 is 0. The summed E-state index contributed by atoms with van der Waals surface area (Å²) in [6, 6.07) is 11.7. The van der Waals surface area contributed by atoms with Gasteiger partial charge in [-0.15, -0.1) is 0 Å². The van der Waals surface area contributed by atoms with Gasteiger partial charge in [0, 0.05) is 0 Å². The Kier molecular flexibility index (Phi) is 5.11. The van der Waals surface area contributed by atoms with E-state index in [1.807, 2.05) is 0 Å². The molecule has 24 heavy (non-hydrogen) atoms. The maximum Gasteiger partial charge on any atom is 0.337 e. The van der Waals surface area contributed by atoms with E-state index < -0.39 is 26.5 Å². The number of halogens is 1. The first-order valence-corrected chi connectivity index (χ1v) is 8.17. The van der Waals surface area contributed by atoms with Crippen molar-refractivity contribution in [1.82, 2.24) is 0 Å². The second-order valence-corrected chi connectivity index (χ2v) is 6.61. The van der Waals surface area contributed by atoms with Gasteiger partial charge in [0.15, 0.2) is 0 Å². The Morgan fingerprint density at radius 3 is 2.21 bits per heavy atom. The number of rotatable bonds is 4. The molecule has 2 aromatic carbocycles. The summed E-state index contributed by atoms with van der Waals surface area (Å²) in [5.74, 6) is -1.10. The quantitative estimate of drug-likeness (QED) is 0.483. The van der Waals surface area contributed by atoms with E-state index in [-0.39, 0.29) is 4.90 Å². The van der Waals surface area contributed by atoms with Gasteiger partial charge in [0.1, 0.15) is 16.8 Å². The Labute approximate surface area is 138 Å². The van der Waals surface area contributed by atoms with E-state index in [9.17, 15) is 22.9 Å². The molecule has 0 aromatic heterocycles. The minimum atomic E-state index is -4.06. The monoisotopic (exact) mass is 345 g/mol. The van der Waals surface area contributed by atoms with Crippen LogP contribution in [0, 0.1) is 17.1 Å². The van der Waals surface area contributed by atoms with Gasteiger partial charge >= 0.3 is 5.97 Å². The molecule has 7 heteroatoms. The van der Waals surface area contributed by atoms with Crippen LogP contribution in [-0.4, -0.2) is 21.5 Å². The molecule has 0 amide bonds. The molecule has 0 heterocycles. The van der Waals surface area contributed by atoms with Crippen molar-refractivity contribution in [2.75, 3.05) is 7.11 Å². The topological polar surface area (TPSA) is 84.2 Å². The van der Waals surface area contributed by atoms with E-state index in [4.69, 9.17) is 0 Å². The molecule has 122 valence electrons. The zero-order valence-corrected chi connectivity index (χ0v) is 13.4. The molecule has 0 aliphatic rings. The first-order chi connectivity index (χ1) is 11.4. The fourth-order valence-electron chi connectivity index (χ4n) is 1.90. The van der Waals surface area contributed by atoms with Crippen LogP contribution in [0.25, 0.3) is 6.08 Å². The number of nitriles is 1. The number of carbonyl (C=O) groups is 1. The maximum atomic E-state index is 12.9. The Balaban J connectivity index is 2.40. The van der Waals surface area contributed by atoms with Crippen molar-refractivity contribution in [3.63, 3.8) is 0 Å². The SMILES string of the molecule is COC(=O)c1ccc(/C=C(\C#N)S(=O)(=O)c2ccc(F)cc2)cc1. The molecule has 0 radical (unpaired) electrons. The van der Waals surface area contributed by atoms with E-state index in [0.29, 0.717) is 11.1 Å². The van der Waals surface area contributed by atoms with Gasteiger partial charge in [0.05, 0.1) is 17.6 Å². The molecule has 0 unspecified atom stereocenters. The fraction of sp³-hybridized carbons (Fsp3) is 0.0588. The van der Waals surface area contributed by atoms with E-state index in [1.54, 1.807) is 6.07 Å². The zero-order valence-electron chi connectivity index (χ0n) is 12.6. The van der Waals surface area contributed by atoms with Gasteiger partial charge in [-0.2, -0.15) is 5.26 Å². The first kappa shape index (κ1) is 17.4. The van der Waals surface area contributed by atoms with Crippen LogP contribution < -0.4 is 0 Å². The summed E-state index contributed by atoms with van der Waals surface area (Å²) in [7, 11) is -2.81. The van der Waals surface area contributed by atoms with Gasteiger partial charge in [-0.3, -0.25) is 0 Å². The number of allylic oxidation sites excluding steroid dienone is 1. The van der Waals surface area contributed by atoms with Gasteiger partial charge in [-0.25, -0.2) is 17.6 Å². The van der Waals surface area contributed by atoms with Gasteiger partial charge in [0.25, 0.3) is 0 Å². The molecular weight excluding hydrogens is 333 g/mol. The highest BCUT2D eigenvalue weighted by atomic mass is 32.2. The molecule has 0 aliphatic carbocycles. The molecule has 5 nitrogen and oxygen atoms in total. The lowest BCUT2D eigenvalue weighted by atomic mass is 10.1. The third-order valence-corrected chi connectivity index (χ3v) is 4.83. The fourth-order valence-corrected chi connectivity index (χ4v) is 3.06. The number of sulfone groups is 1. The van der Waals surface area contributed by atoms with Crippen molar-refractivity contribution >= 4 is 21.9 Å². The maximum absolute atomic E-state index is 12.9. The predicted octanol–water partition coefficient (Wildman–Crippen LogP) is 2.95. The van der Waals surface area contributed by atoms with Crippen molar-refractivity contribution in [3.8, 4) is 6.07 Å². The van der Waals surface area contributed by atoms with E-state index in [0.717, 1.165) is 24.3 Å². The number of nitrogens with zero attached hydrogens (tertiary/aromatic N) is 1. The number of benzene rings is 2. The van der Waals surface area contributed by atoms with Crippen molar-refractivity contribution in [3.05, 3.63) is 70.4 Å². The Hall–Kier alpha value is -2.98. The Morgan fingerprint density at radius 1 is 1.12 bits per heavy atom. The number of ether oxygens (including phenoxy) is 1. The van der Waals surface area contributed by atoms with Gasteiger partial charge in [-0.05, 0) is 48.0 Å². The van der Waals surface area contributed by atoms with Crippen LogP contribution in [0.2, 0.25) is 0 Å². The van der Waals surface area contributed by atoms with Gasteiger partial charge < -0.3 is 4.74 Å². The molecule has 0 fully saturated rings. The minimum absolute atomic E-state index is 0.178. The molecule has 2 rings (SSSR count). The van der Waals surface area contributed by atoms with Crippen LogP contribution in [0.15, 0.2) is 58.3 Å². The number of hydrogen-bond acceptors (Lipinski definition) is 5. The smallest absolute Gasteiger partial charge is 0.337 e. The van der Waals surface area contributed by atoms with Crippen LogP contribution in [0.1, 0.15) is 15.9 Å². The van der Waals surface area contributed by atoms with Crippen molar-refractivity contribution in [2.45, 2.75) is 4.90 Å². The highest BCUT2D eigenvalue weighted by Gasteiger charge is 2.20. The predicted molar refractivity (Wildman–Crippen MR) is 85.0 cm³/mol. The Morgan fingerprint density at radius 2 is 1.71 bits per heavy atom. The zero-order chi connectivity index (χ0) is 17.7. The molecule has 0 aliphatic heterocycles. The van der Waals surface area contributed by atoms with Crippen LogP contribution in [0.4, 0.5) is 4.39 Å². The lowest BCUT2D eigenvalue weighted by Gasteiger charge is -2.04. The molecule has 0 saturated carbocycles. The number of carbonyl (C=O) groups excluding carboxylic acids is 1. The number of hydrogen-bond donors (Lipinski definition) is 0.